The van der Waals surface area contributed by atoms with Gasteiger partial charge in [0.15, 0.2) is 0 Å². The van der Waals surface area contributed by atoms with Crippen LogP contribution in [0.1, 0.15) is 10.4 Å². The highest BCUT2D eigenvalue weighted by atomic mass is 16.5. The van der Waals surface area contributed by atoms with Crippen LogP contribution in [0.4, 0.5) is 5.69 Å². The van der Waals surface area contributed by atoms with Crippen LogP contribution in [0.2, 0.25) is 0 Å². The van der Waals surface area contributed by atoms with Crippen LogP contribution in [0.5, 0.6) is 5.75 Å². The van der Waals surface area contributed by atoms with Crippen LogP contribution in [0.3, 0.4) is 0 Å². The molecule has 0 aliphatic heterocycles. The zero-order chi connectivity index (χ0) is 13.0. The van der Waals surface area contributed by atoms with Gasteiger partial charge in [-0.3, -0.25) is 4.79 Å². The van der Waals surface area contributed by atoms with Gasteiger partial charge in [0.2, 0.25) is 0 Å². The number of nitrogens with zero attached hydrogens (tertiary/aromatic N) is 1. The summed E-state index contributed by atoms with van der Waals surface area (Å²) in [6.07, 6.45) is 0. The first-order valence-electron chi connectivity index (χ1n) is 5.69. The lowest BCUT2D eigenvalue weighted by Gasteiger charge is -2.17. The molecule has 2 aromatic carbocycles. The van der Waals surface area contributed by atoms with Gasteiger partial charge in [-0.25, -0.2) is 0 Å². The van der Waals surface area contributed by atoms with Gasteiger partial charge in [0.25, 0.3) is 5.91 Å². The van der Waals surface area contributed by atoms with E-state index >= 15 is 0 Å². The number of hydrogen-bond acceptors (Lipinski definition) is 2. The second kappa shape index (κ2) is 5.36. The number of carbonyl (C=O) groups excluding carboxylic acids is 1. The lowest BCUT2D eigenvalue weighted by molar-refractivity contribution is 0.0993. The average Bonchev–Trinajstić information content (AvgIpc) is 2.47. The molecular weight excluding hydrogens is 226 g/mol. The van der Waals surface area contributed by atoms with Crippen LogP contribution in [-0.4, -0.2) is 20.1 Å². The number of ether oxygens (including phenoxy) is 1. The van der Waals surface area contributed by atoms with Crippen molar-refractivity contribution >= 4 is 11.6 Å². The summed E-state index contributed by atoms with van der Waals surface area (Å²) in [5, 5.41) is 0. The van der Waals surface area contributed by atoms with E-state index in [1.165, 1.54) is 0 Å². The lowest BCUT2D eigenvalue weighted by atomic mass is 10.2. The fourth-order valence-electron chi connectivity index (χ4n) is 1.70. The van der Waals surface area contributed by atoms with E-state index in [9.17, 15) is 4.79 Å². The second-order valence-corrected chi connectivity index (χ2v) is 3.93. The van der Waals surface area contributed by atoms with Crippen LogP contribution < -0.4 is 9.64 Å². The van der Waals surface area contributed by atoms with E-state index in [4.69, 9.17) is 4.74 Å². The molecule has 0 saturated heterocycles. The number of amides is 1. The fourth-order valence-corrected chi connectivity index (χ4v) is 1.70. The molecule has 2 rings (SSSR count). The van der Waals surface area contributed by atoms with Gasteiger partial charge in [0, 0.05) is 18.3 Å². The monoisotopic (exact) mass is 241 g/mol. The van der Waals surface area contributed by atoms with Gasteiger partial charge in [-0.2, -0.15) is 0 Å². The summed E-state index contributed by atoms with van der Waals surface area (Å²) < 4.78 is 5.09. The number of hydrogen-bond donors (Lipinski definition) is 0. The summed E-state index contributed by atoms with van der Waals surface area (Å²) >= 11 is 0. The van der Waals surface area contributed by atoms with Gasteiger partial charge in [-0.05, 0) is 36.4 Å². The van der Waals surface area contributed by atoms with Crippen LogP contribution in [0.25, 0.3) is 0 Å². The van der Waals surface area contributed by atoms with Gasteiger partial charge in [-0.1, -0.05) is 18.2 Å². The zero-order valence-electron chi connectivity index (χ0n) is 10.5. The van der Waals surface area contributed by atoms with Crippen molar-refractivity contribution in [2.75, 3.05) is 19.1 Å². The minimum Gasteiger partial charge on any atom is -0.497 e. The molecule has 0 saturated carbocycles. The van der Waals surface area contributed by atoms with Gasteiger partial charge >= 0.3 is 0 Å². The normalized spacial score (nSPS) is 9.89. The largest absolute Gasteiger partial charge is 0.497 e. The summed E-state index contributed by atoms with van der Waals surface area (Å²) in [5.41, 5.74) is 1.51. The number of methoxy groups -OCH3 is 1. The Bertz CT molecular complexity index is 520. The van der Waals surface area contributed by atoms with Crippen molar-refractivity contribution in [1.82, 2.24) is 0 Å². The topological polar surface area (TPSA) is 29.5 Å². The molecule has 3 heteroatoms. The van der Waals surface area contributed by atoms with E-state index in [0.717, 1.165) is 11.4 Å². The van der Waals surface area contributed by atoms with E-state index in [1.807, 2.05) is 54.6 Å². The SMILES string of the molecule is COc1ccc(N(C)C(=O)c2ccccc2)cc1. The fraction of sp³-hybridized carbons (Fsp3) is 0.133. The molecule has 18 heavy (non-hydrogen) atoms. The van der Waals surface area contributed by atoms with Crippen molar-refractivity contribution in [3.63, 3.8) is 0 Å². The first-order chi connectivity index (χ1) is 8.72. The molecule has 3 nitrogen and oxygen atoms in total. The summed E-state index contributed by atoms with van der Waals surface area (Å²) in [6.45, 7) is 0. The highest BCUT2D eigenvalue weighted by molar-refractivity contribution is 6.05. The molecule has 0 aliphatic rings. The Morgan fingerprint density at radius 1 is 1.00 bits per heavy atom. The zero-order valence-corrected chi connectivity index (χ0v) is 10.5. The minimum atomic E-state index is -0.0271. The molecule has 0 fully saturated rings. The number of anilines is 1. The van der Waals surface area contributed by atoms with Crippen LogP contribution >= 0.6 is 0 Å². The highest BCUT2D eigenvalue weighted by Crippen LogP contribution is 2.19. The summed E-state index contributed by atoms with van der Waals surface area (Å²) in [7, 11) is 3.38. The maximum absolute atomic E-state index is 12.2. The van der Waals surface area contributed by atoms with Crippen LogP contribution in [-0.2, 0) is 0 Å². The highest BCUT2D eigenvalue weighted by Gasteiger charge is 2.12. The van der Waals surface area contributed by atoms with Crippen molar-refractivity contribution in [2.45, 2.75) is 0 Å². The van der Waals surface area contributed by atoms with Gasteiger partial charge in [-0.15, -0.1) is 0 Å². The summed E-state index contributed by atoms with van der Waals surface area (Å²) in [4.78, 5) is 13.8. The van der Waals surface area contributed by atoms with Gasteiger partial charge < -0.3 is 9.64 Å². The molecule has 0 bridgehead atoms. The van der Waals surface area contributed by atoms with Crippen LogP contribution in [0, 0.1) is 0 Å². The van der Waals surface area contributed by atoms with Gasteiger partial charge in [0.1, 0.15) is 5.75 Å². The van der Waals surface area contributed by atoms with Gasteiger partial charge in [0.05, 0.1) is 7.11 Å². The van der Waals surface area contributed by atoms with E-state index in [0.29, 0.717) is 5.56 Å². The molecule has 0 atom stereocenters. The molecule has 0 spiro atoms. The van der Waals surface area contributed by atoms with E-state index in [1.54, 1.807) is 19.1 Å². The number of benzene rings is 2. The Kier molecular flexibility index (Phi) is 3.63. The maximum atomic E-state index is 12.2. The summed E-state index contributed by atoms with van der Waals surface area (Å²) in [6, 6.07) is 16.6. The Morgan fingerprint density at radius 3 is 2.17 bits per heavy atom. The summed E-state index contributed by atoms with van der Waals surface area (Å²) in [5.74, 6) is 0.750. The Morgan fingerprint density at radius 2 is 1.61 bits per heavy atom. The number of carbonyl (C=O) groups is 1. The molecule has 0 unspecified atom stereocenters. The average molecular weight is 241 g/mol. The van der Waals surface area contributed by atoms with Crippen molar-refractivity contribution in [3.8, 4) is 5.75 Å². The third-order valence-electron chi connectivity index (χ3n) is 2.79. The molecular formula is C15H15NO2. The third kappa shape index (κ3) is 2.51. The van der Waals surface area contributed by atoms with E-state index in [2.05, 4.69) is 0 Å². The first kappa shape index (κ1) is 12.2. The minimum absolute atomic E-state index is 0.0271. The quantitative estimate of drug-likeness (QED) is 0.826. The van der Waals surface area contributed by atoms with Crippen molar-refractivity contribution in [3.05, 3.63) is 60.2 Å². The molecule has 0 N–H and O–H groups in total. The van der Waals surface area contributed by atoms with Crippen molar-refractivity contribution in [2.24, 2.45) is 0 Å². The number of rotatable bonds is 3. The molecule has 92 valence electrons. The van der Waals surface area contributed by atoms with Crippen molar-refractivity contribution < 1.29 is 9.53 Å². The van der Waals surface area contributed by atoms with Crippen LogP contribution in [0.15, 0.2) is 54.6 Å². The molecule has 0 heterocycles. The van der Waals surface area contributed by atoms with Crippen molar-refractivity contribution in [1.29, 1.82) is 0 Å². The molecule has 1 amide bonds. The lowest BCUT2D eigenvalue weighted by Crippen LogP contribution is -2.25. The molecule has 0 aliphatic carbocycles. The smallest absolute Gasteiger partial charge is 0.258 e. The standard InChI is InChI=1S/C15H15NO2/c1-16(13-8-10-14(18-2)11-9-13)15(17)12-6-4-3-5-7-12/h3-11H,1-2H3. The Hall–Kier alpha value is -2.29. The van der Waals surface area contributed by atoms with E-state index in [-0.39, 0.29) is 5.91 Å². The molecule has 0 aromatic heterocycles. The molecule has 2 aromatic rings. The second-order valence-electron chi connectivity index (χ2n) is 3.93. The Balaban J connectivity index is 2.20. The predicted molar refractivity (Wildman–Crippen MR) is 72.2 cm³/mol. The molecule has 0 radical (unpaired) electrons. The van der Waals surface area contributed by atoms with E-state index < -0.39 is 0 Å². The first-order valence-corrected chi connectivity index (χ1v) is 5.69. The third-order valence-corrected chi connectivity index (χ3v) is 2.79. The predicted octanol–water partition coefficient (Wildman–Crippen LogP) is 2.97. The maximum Gasteiger partial charge on any atom is 0.258 e. The Labute approximate surface area is 107 Å².